The molecule has 3 amide bonds. The average Bonchev–Trinajstić information content (AvgIpc) is 3.24. The minimum absolute atomic E-state index is 0.123. The molecule has 4 aliphatic rings. The van der Waals surface area contributed by atoms with E-state index < -0.39 is 0 Å². The molecule has 7 heteroatoms. The molecule has 3 aliphatic heterocycles. The monoisotopic (exact) mass is 461 g/mol. The Morgan fingerprint density at radius 1 is 0.882 bits per heavy atom. The van der Waals surface area contributed by atoms with Crippen molar-refractivity contribution in [2.45, 2.75) is 75.5 Å². The molecule has 0 spiro atoms. The number of hydrogen-bond acceptors (Lipinski definition) is 4. The number of aromatic nitrogens is 1. The van der Waals surface area contributed by atoms with Gasteiger partial charge in [0, 0.05) is 49.8 Å². The zero-order chi connectivity index (χ0) is 23.1. The maximum absolute atomic E-state index is 13.3. The lowest BCUT2D eigenvalue weighted by Crippen LogP contribution is -2.53. The highest BCUT2D eigenvalue weighted by molar-refractivity contribution is 6.06. The van der Waals surface area contributed by atoms with E-state index in [1.165, 1.54) is 12.8 Å². The normalized spacial score (nSPS) is 27.1. The third-order valence-corrected chi connectivity index (χ3v) is 8.67. The number of pyridine rings is 1. The number of hydrogen-bond donors (Lipinski definition) is 1. The molecule has 0 radical (unpaired) electrons. The van der Waals surface area contributed by atoms with Crippen molar-refractivity contribution in [2.75, 3.05) is 26.2 Å². The summed E-state index contributed by atoms with van der Waals surface area (Å²) in [5.74, 6) is 0.123. The molecule has 4 heterocycles. The molecule has 7 nitrogen and oxygen atoms in total. The minimum atomic E-state index is 0.123. The van der Waals surface area contributed by atoms with Gasteiger partial charge in [0.25, 0.3) is 5.91 Å². The number of rotatable bonds is 3. The zero-order valence-corrected chi connectivity index (χ0v) is 19.9. The number of nitrogens with zero attached hydrogens (tertiary/aromatic N) is 4. The van der Waals surface area contributed by atoms with Crippen LogP contribution < -0.4 is 5.32 Å². The van der Waals surface area contributed by atoms with Crippen LogP contribution in [-0.2, 0) is 0 Å². The van der Waals surface area contributed by atoms with Gasteiger partial charge in [0.05, 0.1) is 23.2 Å². The van der Waals surface area contributed by atoms with Crippen molar-refractivity contribution in [3.05, 3.63) is 42.1 Å². The van der Waals surface area contributed by atoms with E-state index in [9.17, 15) is 9.59 Å². The fourth-order valence-corrected chi connectivity index (χ4v) is 6.85. The largest absolute Gasteiger partial charge is 0.339 e. The van der Waals surface area contributed by atoms with E-state index in [4.69, 9.17) is 0 Å². The summed E-state index contributed by atoms with van der Waals surface area (Å²) in [5, 5.41) is 4.19. The Balaban J connectivity index is 1.04. The lowest BCUT2D eigenvalue weighted by atomic mass is 9.89. The van der Waals surface area contributed by atoms with Gasteiger partial charge in [0.15, 0.2) is 0 Å². The molecule has 0 bridgehead atoms. The van der Waals surface area contributed by atoms with E-state index in [1.54, 1.807) is 6.20 Å². The molecule has 6 rings (SSSR count). The third kappa shape index (κ3) is 3.94. The van der Waals surface area contributed by atoms with Crippen LogP contribution in [0.1, 0.15) is 61.7 Å². The number of piperidine rings is 2. The van der Waals surface area contributed by atoms with Gasteiger partial charge in [-0.15, -0.1) is 0 Å². The van der Waals surface area contributed by atoms with Crippen molar-refractivity contribution in [1.82, 2.24) is 25.0 Å². The first-order chi connectivity index (χ1) is 16.7. The summed E-state index contributed by atoms with van der Waals surface area (Å²) < 4.78 is 0. The summed E-state index contributed by atoms with van der Waals surface area (Å²) in [7, 11) is 0. The Bertz CT molecular complexity index is 1050. The molecule has 1 saturated carbocycles. The molecule has 4 fully saturated rings. The van der Waals surface area contributed by atoms with E-state index in [1.807, 2.05) is 35.2 Å². The molecule has 1 N–H and O–H groups in total. The van der Waals surface area contributed by atoms with Gasteiger partial charge in [-0.1, -0.05) is 31.0 Å². The van der Waals surface area contributed by atoms with Crippen molar-refractivity contribution >= 4 is 22.8 Å². The average molecular weight is 462 g/mol. The highest BCUT2D eigenvalue weighted by Gasteiger charge is 2.44. The zero-order valence-electron chi connectivity index (χ0n) is 19.9. The van der Waals surface area contributed by atoms with E-state index in [-0.39, 0.29) is 11.9 Å². The quantitative estimate of drug-likeness (QED) is 0.758. The highest BCUT2D eigenvalue weighted by atomic mass is 16.2. The van der Waals surface area contributed by atoms with Gasteiger partial charge in [0.2, 0.25) is 0 Å². The van der Waals surface area contributed by atoms with E-state index in [2.05, 4.69) is 20.1 Å². The molecular weight excluding hydrogens is 426 g/mol. The van der Waals surface area contributed by atoms with Gasteiger partial charge >= 0.3 is 6.03 Å². The summed E-state index contributed by atoms with van der Waals surface area (Å²) in [6, 6.07) is 11.6. The third-order valence-electron chi connectivity index (χ3n) is 8.67. The number of para-hydroxylation sites is 1. The predicted molar refractivity (Wildman–Crippen MR) is 132 cm³/mol. The predicted octanol–water partition coefficient (Wildman–Crippen LogP) is 3.64. The molecule has 2 atom stereocenters. The first-order valence-corrected chi connectivity index (χ1v) is 13.1. The Hall–Kier alpha value is -2.67. The number of fused-ring (bicyclic) bond motifs is 2. The number of nitrogens with one attached hydrogen (secondary N) is 1. The second-order valence-electron chi connectivity index (χ2n) is 10.5. The molecule has 1 aromatic heterocycles. The number of benzene rings is 1. The molecular formula is C27H35N5O2. The van der Waals surface area contributed by atoms with Crippen molar-refractivity contribution in [3.63, 3.8) is 0 Å². The Morgan fingerprint density at radius 2 is 1.62 bits per heavy atom. The van der Waals surface area contributed by atoms with Gasteiger partial charge in [-0.05, 0) is 50.7 Å². The number of amides is 3. The molecule has 0 unspecified atom stereocenters. The fraction of sp³-hybridized carbons (Fsp3) is 0.593. The number of carbonyl (C=O) groups excluding carboxylic acids is 2. The van der Waals surface area contributed by atoms with Crippen molar-refractivity contribution in [1.29, 1.82) is 0 Å². The summed E-state index contributed by atoms with van der Waals surface area (Å²) in [5.41, 5.74) is 1.63. The van der Waals surface area contributed by atoms with Crippen molar-refractivity contribution < 1.29 is 9.59 Å². The lowest BCUT2D eigenvalue weighted by Gasteiger charge is -2.44. The van der Waals surface area contributed by atoms with Crippen LogP contribution in [0.25, 0.3) is 10.9 Å². The van der Waals surface area contributed by atoms with Crippen molar-refractivity contribution in [3.8, 4) is 0 Å². The van der Waals surface area contributed by atoms with Crippen LogP contribution in [0.3, 0.4) is 0 Å². The van der Waals surface area contributed by atoms with Gasteiger partial charge in [0.1, 0.15) is 0 Å². The molecule has 34 heavy (non-hydrogen) atoms. The Kier molecular flexibility index (Phi) is 5.89. The summed E-state index contributed by atoms with van der Waals surface area (Å²) in [4.78, 5) is 37.2. The standard InChI is InChI=1S/C27H35N5O2/c33-26(22-9-14-28-23-6-2-1-5-21(22)23)31-17-10-19(11-18-31)30-15-12-20(13-16-30)32-25-8-4-3-7-24(25)29-27(32)34/h1-2,5-6,9,14,19-20,24-25H,3-4,7-8,10-13,15-18H2,(H,29,34)/t24-,25-/m0/s1. The molecule has 1 aliphatic carbocycles. The van der Waals surface area contributed by atoms with Crippen LogP contribution in [-0.4, -0.2) is 82.0 Å². The van der Waals surface area contributed by atoms with Crippen LogP contribution in [0.15, 0.2) is 36.5 Å². The summed E-state index contributed by atoms with van der Waals surface area (Å²) in [6.45, 7) is 3.72. The van der Waals surface area contributed by atoms with Crippen LogP contribution in [0.5, 0.6) is 0 Å². The second kappa shape index (κ2) is 9.17. The van der Waals surface area contributed by atoms with Gasteiger partial charge in [-0.2, -0.15) is 0 Å². The Morgan fingerprint density at radius 3 is 2.44 bits per heavy atom. The van der Waals surface area contributed by atoms with Crippen molar-refractivity contribution in [2.24, 2.45) is 0 Å². The highest BCUT2D eigenvalue weighted by Crippen LogP contribution is 2.33. The maximum Gasteiger partial charge on any atom is 0.318 e. The van der Waals surface area contributed by atoms with E-state index in [0.29, 0.717) is 24.2 Å². The van der Waals surface area contributed by atoms with Crippen LogP contribution in [0, 0.1) is 0 Å². The SMILES string of the molecule is O=C(c1ccnc2ccccc12)N1CCC(N2CCC(N3C(=O)N[C@H]4CCCC[C@@H]43)CC2)CC1. The Labute approximate surface area is 201 Å². The maximum atomic E-state index is 13.3. The van der Waals surface area contributed by atoms with Crippen LogP contribution >= 0.6 is 0 Å². The van der Waals surface area contributed by atoms with Gasteiger partial charge in [-0.25, -0.2) is 4.79 Å². The van der Waals surface area contributed by atoms with E-state index in [0.717, 1.165) is 81.2 Å². The van der Waals surface area contributed by atoms with Crippen LogP contribution in [0.2, 0.25) is 0 Å². The fourth-order valence-electron chi connectivity index (χ4n) is 6.85. The molecule has 1 aromatic carbocycles. The lowest BCUT2D eigenvalue weighted by molar-refractivity contribution is 0.0472. The molecule has 2 aromatic rings. The number of urea groups is 1. The molecule has 180 valence electrons. The topological polar surface area (TPSA) is 68.8 Å². The van der Waals surface area contributed by atoms with Crippen LogP contribution in [0.4, 0.5) is 4.79 Å². The first kappa shape index (κ1) is 21.8. The van der Waals surface area contributed by atoms with Gasteiger partial charge < -0.3 is 20.0 Å². The summed E-state index contributed by atoms with van der Waals surface area (Å²) in [6.07, 6.45) is 10.7. The number of likely N-dealkylation sites (tertiary alicyclic amines) is 2. The van der Waals surface area contributed by atoms with Gasteiger partial charge in [-0.3, -0.25) is 9.78 Å². The second-order valence-corrected chi connectivity index (χ2v) is 10.5. The number of carbonyl (C=O) groups is 2. The smallest absolute Gasteiger partial charge is 0.318 e. The van der Waals surface area contributed by atoms with E-state index >= 15 is 0 Å². The summed E-state index contributed by atoms with van der Waals surface area (Å²) >= 11 is 0. The minimum Gasteiger partial charge on any atom is -0.339 e. The first-order valence-electron chi connectivity index (χ1n) is 13.1. The molecule has 3 saturated heterocycles.